The topological polar surface area (TPSA) is 95.8 Å². The van der Waals surface area contributed by atoms with Crippen molar-refractivity contribution in [2.45, 2.75) is 23.1 Å². The van der Waals surface area contributed by atoms with Gasteiger partial charge in [-0.15, -0.1) is 5.10 Å². The van der Waals surface area contributed by atoms with Crippen molar-refractivity contribution in [3.63, 3.8) is 0 Å². The average molecular weight is 548 g/mol. The number of hydrogen-bond acceptors (Lipinski definition) is 10. The van der Waals surface area contributed by atoms with Gasteiger partial charge < -0.3 is 9.47 Å². The molecule has 3 aromatic carbocycles. The second-order valence-corrected chi connectivity index (χ2v) is 10.6. The van der Waals surface area contributed by atoms with E-state index < -0.39 is 16.3 Å². The number of hydrogen-bond donors (Lipinski definition) is 1. The van der Waals surface area contributed by atoms with Crippen molar-refractivity contribution in [3.8, 4) is 0 Å². The van der Waals surface area contributed by atoms with Crippen LogP contribution in [0.15, 0.2) is 100 Å². The number of esters is 2. The number of amidine groups is 1. The molecule has 1 N–H and O–H groups in total. The van der Waals surface area contributed by atoms with Crippen molar-refractivity contribution >= 4 is 63.4 Å². The second kappa shape index (κ2) is 11.2. The minimum Gasteiger partial charge on any atom is -0.461 e. The fraction of sp³-hybridized carbons (Fsp3) is 0.185. The van der Waals surface area contributed by atoms with Crippen LogP contribution in [0.4, 0.5) is 17.1 Å². The number of nitrogens with zero attached hydrogens (tertiary/aromatic N) is 4. The van der Waals surface area contributed by atoms with Crippen LogP contribution in [0.2, 0.25) is 0 Å². The number of fused-ring (bicyclic) bond motifs is 1. The maximum absolute atomic E-state index is 13.5. The van der Waals surface area contributed by atoms with Gasteiger partial charge in [-0.25, -0.2) is 14.6 Å². The standard InChI is InChI=1S/C27H25N5O4S2/c1-3-35-25(33)23(29-28-19-13-7-5-8-14-19)31-21-17-11-12-18-22(21)37-27(31)32(20-15-9-6-10-16-20)30-24(38-27)26(34)36-4-2/h5-18,28H,3-4H2,1-2H3. The van der Waals surface area contributed by atoms with E-state index in [2.05, 4.69) is 10.5 Å². The van der Waals surface area contributed by atoms with E-state index in [1.807, 2.05) is 84.9 Å². The third kappa shape index (κ3) is 4.82. The van der Waals surface area contributed by atoms with E-state index in [1.165, 1.54) is 23.5 Å². The summed E-state index contributed by atoms with van der Waals surface area (Å²) >= 11 is 2.65. The monoisotopic (exact) mass is 547 g/mol. The van der Waals surface area contributed by atoms with Crippen LogP contribution in [0.1, 0.15) is 13.8 Å². The normalized spacial score (nSPS) is 18.3. The van der Waals surface area contributed by atoms with Crippen molar-refractivity contribution in [3.05, 3.63) is 84.9 Å². The molecule has 1 spiro atoms. The second-order valence-electron chi connectivity index (χ2n) is 7.96. The summed E-state index contributed by atoms with van der Waals surface area (Å²) in [4.78, 5) is 29.0. The van der Waals surface area contributed by atoms with Crippen molar-refractivity contribution in [1.29, 1.82) is 0 Å². The number of carbonyl (C=O) groups is 2. The number of thioether (sulfide) groups is 2. The highest BCUT2D eigenvalue weighted by Crippen LogP contribution is 2.61. The predicted molar refractivity (Wildman–Crippen MR) is 152 cm³/mol. The zero-order valence-corrected chi connectivity index (χ0v) is 22.4. The molecule has 2 heterocycles. The molecule has 0 fully saturated rings. The lowest BCUT2D eigenvalue weighted by atomic mass is 10.2. The lowest BCUT2D eigenvalue weighted by Gasteiger charge is -2.39. The molecule has 0 amide bonds. The molecule has 0 aliphatic carbocycles. The molecule has 11 heteroatoms. The lowest BCUT2D eigenvalue weighted by molar-refractivity contribution is -0.135. The summed E-state index contributed by atoms with van der Waals surface area (Å²) in [5.41, 5.74) is 5.14. The lowest BCUT2D eigenvalue weighted by Crippen LogP contribution is -2.55. The van der Waals surface area contributed by atoms with E-state index in [1.54, 1.807) is 23.8 Å². The van der Waals surface area contributed by atoms with E-state index in [0.717, 1.165) is 16.3 Å². The zero-order chi connectivity index (χ0) is 26.5. The average Bonchev–Trinajstić information content (AvgIpc) is 3.48. The molecule has 0 saturated carbocycles. The van der Waals surface area contributed by atoms with Gasteiger partial charge in [0.15, 0.2) is 0 Å². The SMILES string of the molecule is CCOC(=O)C1=NN(c2ccccc2)C2(S1)Sc1ccccc1N2C(=NNc1ccccc1)C(=O)OCC. The zero-order valence-electron chi connectivity index (χ0n) is 20.7. The van der Waals surface area contributed by atoms with Gasteiger partial charge >= 0.3 is 11.9 Å². The summed E-state index contributed by atoms with van der Waals surface area (Å²) in [6, 6.07) is 26.5. The van der Waals surface area contributed by atoms with Crippen LogP contribution in [0.5, 0.6) is 0 Å². The maximum Gasteiger partial charge on any atom is 0.376 e. The summed E-state index contributed by atoms with van der Waals surface area (Å²) in [5.74, 6) is -1.14. The molecular weight excluding hydrogens is 522 g/mol. The molecule has 194 valence electrons. The number of hydrazone groups is 2. The van der Waals surface area contributed by atoms with Crippen LogP contribution in [0.25, 0.3) is 0 Å². The Balaban J connectivity index is 1.67. The van der Waals surface area contributed by atoms with E-state index in [-0.39, 0.29) is 24.1 Å². The molecule has 0 bridgehead atoms. The Hall–Kier alpha value is -3.96. The number of ether oxygens (including phenoxy) is 2. The Bertz CT molecular complexity index is 1390. The Labute approximate surface area is 228 Å². The van der Waals surface area contributed by atoms with Crippen LogP contribution < -0.4 is 15.3 Å². The number of anilines is 3. The van der Waals surface area contributed by atoms with Crippen molar-refractivity contribution in [2.75, 3.05) is 28.5 Å². The first-order valence-electron chi connectivity index (χ1n) is 12.0. The highest BCUT2D eigenvalue weighted by atomic mass is 32.2. The molecule has 9 nitrogen and oxygen atoms in total. The van der Waals surface area contributed by atoms with E-state index in [9.17, 15) is 9.59 Å². The Morgan fingerprint density at radius 1 is 0.895 bits per heavy atom. The summed E-state index contributed by atoms with van der Waals surface area (Å²) in [5, 5.41) is 11.1. The van der Waals surface area contributed by atoms with Crippen molar-refractivity contribution in [2.24, 2.45) is 10.2 Å². The van der Waals surface area contributed by atoms with Gasteiger partial charge in [-0.2, -0.15) is 5.10 Å². The van der Waals surface area contributed by atoms with Crippen LogP contribution in [0.3, 0.4) is 0 Å². The molecule has 3 aromatic rings. The van der Waals surface area contributed by atoms with Crippen LogP contribution in [-0.2, 0) is 19.1 Å². The van der Waals surface area contributed by atoms with Gasteiger partial charge in [0.25, 0.3) is 0 Å². The van der Waals surface area contributed by atoms with Gasteiger partial charge in [-0.3, -0.25) is 10.3 Å². The third-order valence-corrected chi connectivity index (χ3v) is 8.25. The van der Waals surface area contributed by atoms with Gasteiger partial charge in [0.1, 0.15) is 0 Å². The summed E-state index contributed by atoms with van der Waals surface area (Å²) in [7, 11) is 0. The molecule has 5 rings (SSSR count). The van der Waals surface area contributed by atoms with Gasteiger partial charge in [0.05, 0.1) is 30.3 Å². The van der Waals surface area contributed by atoms with Gasteiger partial charge in [-0.1, -0.05) is 60.3 Å². The Kier molecular flexibility index (Phi) is 7.57. The Morgan fingerprint density at radius 3 is 2.26 bits per heavy atom. The highest BCUT2D eigenvalue weighted by Gasteiger charge is 2.59. The smallest absolute Gasteiger partial charge is 0.376 e. The number of rotatable bonds is 6. The predicted octanol–water partition coefficient (Wildman–Crippen LogP) is 5.33. The third-order valence-electron chi connectivity index (χ3n) is 5.51. The molecular formula is C27H25N5O4S2. The maximum atomic E-state index is 13.5. The van der Waals surface area contributed by atoms with E-state index in [0.29, 0.717) is 5.69 Å². The number of carbonyl (C=O) groups excluding carboxylic acids is 2. The van der Waals surface area contributed by atoms with Crippen molar-refractivity contribution < 1.29 is 19.1 Å². The summed E-state index contributed by atoms with van der Waals surface area (Å²) in [6.45, 7) is 3.87. The minimum atomic E-state index is -1.14. The first kappa shape index (κ1) is 25.7. The minimum absolute atomic E-state index is 0.0156. The van der Waals surface area contributed by atoms with Crippen molar-refractivity contribution in [1.82, 2.24) is 0 Å². The highest BCUT2D eigenvalue weighted by molar-refractivity contribution is 8.28. The van der Waals surface area contributed by atoms with Gasteiger partial charge in [0.2, 0.25) is 15.2 Å². The first-order valence-corrected chi connectivity index (χ1v) is 13.6. The van der Waals surface area contributed by atoms with Gasteiger partial charge in [-0.05, 0) is 62.0 Å². The molecule has 0 radical (unpaired) electrons. The molecule has 0 aromatic heterocycles. The number of benzene rings is 3. The van der Waals surface area contributed by atoms with E-state index >= 15 is 0 Å². The molecule has 1 atom stereocenters. The number of para-hydroxylation sites is 3. The quantitative estimate of drug-likeness (QED) is 0.190. The Morgan fingerprint density at radius 2 is 1.55 bits per heavy atom. The molecule has 38 heavy (non-hydrogen) atoms. The largest absolute Gasteiger partial charge is 0.461 e. The molecule has 1 unspecified atom stereocenters. The summed E-state index contributed by atoms with van der Waals surface area (Å²) in [6.07, 6.45) is 0. The van der Waals surface area contributed by atoms with Crippen LogP contribution >= 0.6 is 23.5 Å². The van der Waals surface area contributed by atoms with Crippen LogP contribution in [0, 0.1) is 0 Å². The van der Waals surface area contributed by atoms with E-state index in [4.69, 9.17) is 14.6 Å². The number of nitrogens with one attached hydrogen (secondary N) is 1. The fourth-order valence-corrected chi connectivity index (χ4v) is 6.85. The van der Waals surface area contributed by atoms with Crippen LogP contribution in [-0.4, -0.2) is 40.4 Å². The summed E-state index contributed by atoms with van der Waals surface area (Å²) < 4.78 is 9.61. The fourth-order valence-electron chi connectivity index (χ4n) is 3.94. The molecule has 0 saturated heterocycles. The molecule has 2 aliphatic rings. The van der Waals surface area contributed by atoms with Gasteiger partial charge in [0, 0.05) is 4.90 Å². The first-order chi connectivity index (χ1) is 18.6. The molecule has 2 aliphatic heterocycles.